The normalized spacial score (nSPS) is 13.7. The summed E-state index contributed by atoms with van der Waals surface area (Å²) in [6.45, 7) is 1.23. The number of benzene rings is 1. The molecule has 0 unspecified atom stereocenters. The first-order valence-electron chi connectivity index (χ1n) is 7.30. The fraction of sp³-hybridized carbons (Fsp3) is 0.375. The highest BCUT2D eigenvalue weighted by Gasteiger charge is 2.18. The van der Waals surface area contributed by atoms with Crippen LogP contribution in [0.2, 0.25) is 0 Å². The van der Waals surface area contributed by atoms with Crippen molar-refractivity contribution in [2.45, 2.75) is 32.3 Å². The number of carbonyl (C=O) groups excluding carboxylic acids is 1. The van der Waals surface area contributed by atoms with Gasteiger partial charge in [0.15, 0.2) is 5.82 Å². The lowest BCUT2D eigenvalue weighted by molar-refractivity contribution is -0.116. The Morgan fingerprint density at radius 1 is 1.33 bits per heavy atom. The van der Waals surface area contributed by atoms with E-state index >= 15 is 0 Å². The molecule has 0 radical (unpaired) electrons. The molecule has 1 aromatic carbocycles. The molecular weight excluding hydrogens is 266 g/mol. The SMILES string of the molecule is O=C(CCCc1ccccc1)Nc1n[nH]c2c1COCC2. The zero-order valence-electron chi connectivity index (χ0n) is 11.9. The summed E-state index contributed by atoms with van der Waals surface area (Å²) in [6.07, 6.45) is 3.07. The summed E-state index contributed by atoms with van der Waals surface area (Å²) in [6, 6.07) is 10.2. The number of anilines is 1. The number of hydrogen-bond donors (Lipinski definition) is 2. The van der Waals surface area contributed by atoms with Gasteiger partial charge in [-0.15, -0.1) is 0 Å². The number of aromatic nitrogens is 2. The molecule has 0 saturated carbocycles. The van der Waals surface area contributed by atoms with E-state index in [1.54, 1.807) is 0 Å². The van der Waals surface area contributed by atoms with Crippen LogP contribution in [0.15, 0.2) is 30.3 Å². The molecule has 5 heteroatoms. The maximum atomic E-state index is 12.0. The lowest BCUT2D eigenvalue weighted by Crippen LogP contribution is -2.15. The van der Waals surface area contributed by atoms with E-state index in [4.69, 9.17) is 4.74 Å². The number of rotatable bonds is 5. The summed E-state index contributed by atoms with van der Waals surface area (Å²) < 4.78 is 5.40. The first-order valence-corrected chi connectivity index (χ1v) is 7.30. The quantitative estimate of drug-likeness (QED) is 0.886. The Balaban J connectivity index is 1.49. The molecule has 0 spiro atoms. The fourth-order valence-corrected chi connectivity index (χ4v) is 2.51. The minimum atomic E-state index is 0.00537. The predicted molar refractivity (Wildman–Crippen MR) is 80.0 cm³/mol. The van der Waals surface area contributed by atoms with Gasteiger partial charge < -0.3 is 10.1 Å². The van der Waals surface area contributed by atoms with E-state index in [1.165, 1.54) is 5.56 Å². The summed E-state index contributed by atoms with van der Waals surface area (Å²) in [5.41, 5.74) is 3.31. The van der Waals surface area contributed by atoms with Crippen LogP contribution in [0.5, 0.6) is 0 Å². The highest BCUT2D eigenvalue weighted by molar-refractivity contribution is 5.90. The van der Waals surface area contributed by atoms with Gasteiger partial charge in [-0.2, -0.15) is 5.10 Å². The van der Waals surface area contributed by atoms with Gasteiger partial charge in [0.25, 0.3) is 0 Å². The third-order valence-corrected chi connectivity index (χ3v) is 3.67. The molecule has 0 aliphatic carbocycles. The van der Waals surface area contributed by atoms with Crippen molar-refractivity contribution in [3.05, 3.63) is 47.2 Å². The predicted octanol–water partition coefficient (Wildman–Crippen LogP) is 2.44. The van der Waals surface area contributed by atoms with Gasteiger partial charge in [0.1, 0.15) is 0 Å². The standard InChI is InChI=1S/C16H19N3O2/c20-15(8-4-7-12-5-2-1-3-6-12)17-16-13-11-21-10-9-14(13)18-19-16/h1-3,5-6H,4,7-11H2,(H2,17,18,19,20). The number of aryl methyl sites for hydroxylation is 1. The van der Waals surface area contributed by atoms with E-state index < -0.39 is 0 Å². The summed E-state index contributed by atoms with van der Waals surface area (Å²) in [5, 5.41) is 10.0. The zero-order chi connectivity index (χ0) is 14.5. The van der Waals surface area contributed by atoms with Crippen LogP contribution in [0.25, 0.3) is 0 Å². The van der Waals surface area contributed by atoms with Crippen LogP contribution in [-0.4, -0.2) is 22.7 Å². The van der Waals surface area contributed by atoms with Crippen molar-refractivity contribution in [1.82, 2.24) is 10.2 Å². The van der Waals surface area contributed by atoms with Crippen molar-refractivity contribution >= 4 is 11.7 Å². The molecule has 0 saturated heterocycles. The summed E-state index contributed by atoms with van der Waals surface area (Å²) >= 11 is 0. The Kier molecular flexibility index (Phi) is 4.31. The first-order chi connectivity index (χ1) is 10.3. The molecule has 3 rings (SSSR count). The molecule has 0 bridgehead atoms. The van der Waals surface area contributed by atoms with Gasteiger partial charge in [-0.25, -0.2) is 0 Å². The van der Waals surface area contributed by atoms with Crippen molar-refractivity contribution < 1.29 is 9.53 Å². The molecule has 0 fully saturated rings. The van der Waals surface area contributed by atoms with Crippen molar-refractivity contribution in [2.24, 2.45) is 0 Å². The van der Waals surface area contributed by atoms with Crippen molar-refractivity contribution in [1.29, 1.82) is 0 Å². The van der Waals surface area contributed by atoms with Gasteiger partial charge >= 0.3 is 0 Å². The van der Waals surface area contributed by atoms with Crippen LogP contribution in [-0.2, 0) is 29.0 Å². The van der Waals surface area contributed by atoms with Crippen LogP contribution in [0.4, 0.5) is 5.82 Å². The maximum Gasteiger partial charge on any atom is 0.225 e. The number of ether oxygens (including phenoxy) is 1. The minimum Gasteiger partial charge on any atom is -0.376 e. The second-order valence-corrected chi connectivity index (χ2v) is 5.22. The van der Waals surface area contributed by atoms with E-state index in [1.807, 2.05) is 18.2 Å². The second-order valence-electron chi connectivity index (χ2n) is 5.22. The fourth-order valence-electron chi connectivity index (χ4n) is 2.51. The number of hydrogen-bond acceptors (Lipinski definition) is 3. The molecule has 2 heterocycles. The van der Waals surface area contributed by atoms with Gasteiger partial charge in [0.2, 0.25) is 5.91 Å². The summed E-state index contributed by atoms with van der Waals surface area (Å²) in [7, 11) is 0. The number of nitrogens with one attached hydrogen (secondary N) is 2. The lowest BCUT2D eigenvalue weighted by atomic mass is 10.1. The number of amides is 1. The van der Waals surface area contributed by atoms with Gasteiger partial charge in [-0.3, -0.25) is 9.89 Å². The molecule has 1 amide bonds. The van der Waals surface area contributed by atoms with Crippen molar-refractivity contribution in [2.75, 3.05) is 11.9 Å². The molecule has 1 aliphatic heterocycles. The largest absolute Gasteiger partial charge is 0.376 e. The van der Waals surface area contributed by atoms with Gasteiger partial charge in [-0.1, -0.05) is 30.3 Å². The first kappa shape index (κ1) is 13.8. The highest BCUT2D eigenvalue weighted by Crippen LogP contribution is 2.22. The molecule has 21 heavy (non-hydrogen) atoms. The molecule has 0 atom stereocenters. The Morgan fingerprint density at radius 2 is 2.19 bits per heavy atom. The Bertz CT molecular complexity index is 607. The summed E-state index contributed by atoms with van der Waals surface area (Å²) in [4.78, 5) is 12.0. The van der Waals surface area contributed by atoms with Gasteiger partial charge in [0.05, 0.1) is 13.2 Å². The molecule has 5 nitrogen and oxygen atoms in total. The third kappa shape index (κ3) is 3.49. The van der Waals surface area contributed by atoms with E-state index in [2.05, 4.69) is 27.6 Å². The average Bonchev–Trinajstić information content (AvgIpc) is 2.92. The topological polar surface area (TPSA) is 67.0 Å². The number of aromatic amines is 1. The number of fused-ring (bicyclic) bond motifs is 1. The number of carbonyl (C=O) groups is 1. The number of H-pyrrole nitrogens is 1. The molecular formula is C16H19N3O2. The molecule has 1 aliphatic rings. The van der Waals surface area contributed by atoms with Gasteiger partial charge in [-0.05, 0) is 18.4 Å². The zero-order valence-corrected chi connectivity index (χ0v) is 11.9. The highest BCUT2D eigenvalue weighted by atomic mass is 16.5. The van der Waals surface area contributed by atoms with Crippen LogP contribution < -0.4 is 5.32 Å². The number of nitrogens with zero attached hydrogens (tertiary/aromatic N) is 1. The monoisotopic (exact) mass is 285 g/mol. The Morgan fingerprint density at radius 3 is 3.05 bits per heavy atom. The summed E-state index contributed by atoms with van der Waals surface area (Å²) in [5.74, 6) is 0.625. The Hall–Kier alpha value is -2.14. The van der Waals surface area contributed by atoms with Crippen molar-refractivity contribution in [3.63, 3.8) is 0 Å². The van der Waals surface area contributed by atoms with E-state index in [0.29, 0.717) is 25.5 Å². The molecule has 2 aromatic rings. The minimum absolute atomic E-state index is 0.00537. The van der Waals surface area contributed by atoms with Crippen LogP contribution >= 0.6 is 0 Å². The molecule has 110 valence electrons. The second kappa shape index (κ2) is 6.54. The smallest absolute Gasteiger partial charge is 0.225 e. The lowest BCUT2D eigenvalue weighted by Gasteiger charge is -2.12. The van der Waals surface area contributed by atoms with Crippen molar-refractivity contribution in [3.8, 4) is 0 Å². The van der Waals surface area contributed by atoms with E-state index in [0.717, 1.165) is 30.5 Å². The molecule has 1 aromatic heterocycles. The van der Waals surface area contributed by atoms with E-state index in [9.17, 15) is 4.79 Å². The Labute approximate surface area is 123 Å². The van der Waals surface area contributed by atoms with Gasteiger partial charge in [0, 0.05) is 24.1 Å². The van der Waals surface area contributed by atoms with Crippen LogP contribution in [0.1, 0.15) is 29.7 Å². The van der Waals surface area contributed by atoms with Crippen LogP contribution in [0, 0.1) is 0 Å². The van der Waals surface area contributed by atoms with E-state index in [-0.39, 0.29) is 5.91 Å². The van der Waals surface area contributed by atoms with Crippen LogP contribution in [0.3, 0.4) is 0 Å². The average molecular weight is 285 g/mol. The third-order valence-electron chi connectivity index (χ3n) is 3.67. The molecule has 2 N–H and O–H groups in total. The maximum absolute atomic E-state index is 12.0.